The molecule has 0 atom stereocenters. The van der Waals surface area contributed by atoms with Gasteiger partial charge in [0.1, 0.15) is 5.56 Å². The molecule has 0 radical (unpaired) electrons. The lowest BCUT2D eigenvalue weighted by Gasteiger charge is -2.29. The summed E-state index contributed by atoms with van der Waals surface area (Å²) in [5.74, 6) is -2.23. The van der Waals surface area contributed by atoms with E-state index in [1.807, 2.05) is 20.8 Å². The molecule has 0 aromatic heterocycles. The monoisotopic (exact) mass is 284 g/mol. The second-order valence-electron chi connectivity index (χ2n) is 4.67. The summed E-state index contributed by atoms with van der Waals surface area (Å²) < 4.78 is 14.0. The maximum Gasteiger partial charge on any atom is 0.342 e. The molecule has 0 aliphatic heterocycles. The Morgan fingerprint density at radius 1 is 1.50 bits per heavy atom. The fourth-order valence-electron chi connectivity index (χ4n) is 1.99. The van der Waals surface area contributed by atoms with Gasteiger partial charge in [-0.1, -0.05) is 6.92 Å². The number of hydrogen-bond donors (Lipinski definition) is 1. The van der Waals surface area contributed by atoms with Crippen molar-refractivity contribution in [2.24, 2.45) is 0 Å². The summed E-state index contributed by atoms with van der Waals surface area (Å²) in [5, 5.41) is 19.8. The number of nitro groups is 1. The predicted molar refractivity (Wildman–Crippen MR) is 72.8 cm³/mol. The Balaban J connectivity index is 3.44. The molecule has 0 fully saturated rings. The second-order valence-corrected chi connectivity index (χ2v) is 4.67. The van der Waals surface area contributed by atoms with Gasteiger partial charge >= 0.3 is 5.97 Å². The third-order valence-electron chi connectivity index (χ3n) is 2.89. The first-order valence-corrected chi connectivity index (χ1v) is 6.27. The zero-order valence-corrected chi connectivity index (χ0v) is 11.6. The number of rotatable bonds is 6. The van der Waals surface area contributed by atoms with Gasteiger partial charge in [-0.15, -0.1) is 0 Å². The van der Waals surface area contributed by atoms with E-state index in [9.17, 15) is 19.3 Å². The molecule has 20 heavy (non-hydrogen) atoms. The van der Waals surface area contributed by atoms with Gasteiger partial charge in [-0.25, -0.2) is 9.18 Å². The second kappa shape index (κ2) is 6.31. The maximum absolute atomic E-state index is 14.0. The highest BCUT2D eigenvalue weighted by Crippen LogP contribution is 2.30. The molecule has 0 aliphatic rings. The van der Waals surface area contributed by atoms with Crippen LogP contribution in [0.5, 0.6) is 0 Å². The largest absolute Gasteiger partial charge is 0.477 e. The molecule has 0 heterocycles. The highest BCUT2D eigenvalue weighted by atomic mass is 19.1. The Kier molecular flexibility index (Phi) is 5.01. The Labute approximate surface area is 116 Å². The van der Waals surface area contributed by atoms with Gasteiger partial charge < -0.3 is 10.0 Å². The summed E-state index contributed by atoms with van der Waals surface area (Å²) in [6.07, 6.45) is 0.747. The Morgan fingerprint density at radius 2 is 2.10 bits per heavy atom. The molecule has 0 aliphatic carbocycles. The summed E-state index contributed by atoms with van der Waals surface area (Å²) in [4.78, 5) is 22.7. The zero-order chi connectivity index (χ0) is 15.4. The minimum Gasteiger partial charge on any atom is -0.477 e. The molecule has 0 spiro atoms. The highest BCUT2D eigenvalue weighted by molar-refractivity contribution is 5.93. The van der Waals surface area contributed by atoms with Gasteiger partial charge in [-0.05, 0) is 26.3 Å². The van der Waals surface area contributed by atoms with Crippen LogP contribution < -0.4 is 4.90 Å². The SMILES string of the molecule is CCCN(c1cc(C(=O)O)c([N+](=O)[O-])cc1F)C(C)C. The zero-order valence-electron chi connectivity index (χ0n) is 11.6. The predicted octanol–water partition coefficient (Wildman–Crippen LogP) is 3.06. The van der Waals surface area contributed by atoms with Crippen LogP contribution in [-0.2, 0) is 0 Å². The van der Waals surface area contributed by atoms with E-state index in [0.717, 1.165) is 12.5 Å². The van der Waals surface area contributed by atoms with Crippen molar-refractivity contribution in [2.45, 2.75) is 33.2 Å². The molecule has 110 valence electrons. The van der Waals surface area contributed by atoms with E-state index in [-0.39, 0.29) is 11.7 Å². The van der Waals surface area contributed by atoms with Crippen LogP contribution in [0.3, 0.4) is 0 Å². The molecule has 1 N–H and O–H groups in total. The van der Waals surface area contributed by atoms with E-state index >= 15 is 0 Å². The van der Waals surface area contributed by atoms with E-state index in [0.29, 0.717) is 12.6 Å². The van der Waals surface area contributed by atoms with Crippen molar-refractivity contribution in [2.75, 3.05) is 11.4 Å². The standard InChI is InChI=1S/C13H17FN2O4/c1-4-5-15(8(2)3)12-6-9(13(17)18)11(16(19)20)7-10(12)14/h6-8H,4-5H2,1-3H3,(H,17,18). The van der Waals surface area contributed by atoms with Gasteiger partial charge in [-0.3, -0.25) is 10.1 Å². The van der Waals surface area contributed by atoms with E-state index in [2.05, 4.69) is 0 Å². The van der Waals surface area contributed by atoms with Crippen LogP contribution in [0.15, 0.2) is 12.1 Å². The molecule has 0 unspecified atom stereocenters. The molecule has 0 amide bonds. The van der Waals surface area contributed by atoms with E-state index in [1.165, 1.54) is 0 Å². The lowest BCUT2D eigenvalue weighted by molar-refractivity contribution is -0.385. The van der Waals surface area contributed by atoms with Crippen molar-refractivity contribution in [1.82, 2.24) is 0 Å². The van der Waals surface area contributed by atoms with Crippen molar-refractivity contribution in [3.63, 3.8) is 0 Å². The number of nitrogens with zero attached hydrogens (tertiary/aromatic N) is 2. The van der Waals surface area contributed by atoms with Crippen molar-refractivity contribution >= 4 is 17.3 Å². The normalized spacial score (nSPS) is 10.7. The summed E-state index contributed by atoms with van der Waals surface area (Å²) in [7, 11) is 0. The van der Waals surface area contributed by atoms with Crippen molar-refractivity contribution in [1.29, 1.82) is 0 Å². The number of carboxylic acid groups (broad SMARTS) is 1. The van der Waals surface area contributed by atoms with Crippen LogP contribution in [-0.4, -0.2) is 28.6 Å². The molecule has 0 bridgehead atoms. The quantitative estimate of drug-likeness (QED) is 0.641. The first kappa shape index (κ1) is 15.9. The molecule has 0 saturated heterocycles. The topological polar surface area (TPSA) is 83.7 Å². The number of benzene rings is 1. The summed E-state index contributed by atoms with van der Waals surface area (Å²) in [6.45, 7) is 6.14. The van der Waals surface area contributed by atoms with Crippen molar-refractivity contribution in [3.8, 4) is 0 Å². The molecule has 7 heteroatoms. The van der Waals surface area contributed by atoms with Crippen LogP contribution in [0, 0.1) is 15.9 Å². The van der Waals surface area contributed by atoms with Gasteiger partial charge in [0, 0.05) is 12.6 Å². The lowest BCUT2D eigenvalue weighted by atomic mass is 10.1. The summed E-state index contributed by atoms with van der Waals surface area (Å²) in [6, 6.07) is 1.66. The first-order chi connectivity index (χ1) is 9.29. The first-order valence-electron chi connectivity index (χ1n) is 6.27. The molecular weight excluding hydrogens is 267 g/mol. The minimum absolute atomic E-state index is 0.0486. The molecule has 1 aromatic rings. The summed E-state index contributed by atoms with van der Waals surface area (Å²) >= 11 is 0. The fraction of sp³-hybridized carbons (Fsp3) is 0.462. The smallest absolute Gasteiger partial charge is 0.342 e. The van der Waals surface area contributed by atoms with E-state index < -0.39 is 28.0 Å². The van der Waals surface area contributed by atoms with Gasteiger partial charge in [0.25, 0.3) is 5.69 Å². The molecule has 1 aromatic carbocycles. The Bertz CT molecular complexity index is 531. The number of hydrogen-bond acceptors (Lipinski definition) is 4. The molecule has 6 nitrogen and oxygen atoms in total. The fourth-order valence-corrected chi connectivity index (χ4v) is 1.99. The van der Waals surface area contributed by atoms with Gasteiger partial charge in [-0.2, -0.15) is 0 Å². The number of nitro benzene ring substituents is 1. The maximum atomic E-state index is 14.0. The number of aromatic carboxylic acids is 1. The Hall–Kier alpha value is -2.18. The molecule has 1 rings (SSSR count). The van der Waals surface area contributed by atoms with E-state index in [4.69, 9.17) is 5.11 Å². The van der Waals surface area contributed by atoms with Gasteiger partial charge in [0.05, 0.1) is 16.7 Å². The lowest BCUT2D eigenvalue weighted by Crippen LogP contribution is -2.32. The molecular formula is C13H17FN2O4. The van der Waals surface area contributed by atoms with Crippen LogP contribution in [0.2, 0.25) is 0 Å². The number of carboxylic acids is 1. The minimum atomic E-state index is -1.45. The van der Waals surface area contributed by atoms with Gasteiger partial charge in [0.15, 0.2) is 5.82 Å². The van der Waals surface area contributed by atoms with Crippen molar-refractivity contribution in [3.05, 3.63) is 33.6 Å². The Morgan fingerprint density at radius 3 is 2.50 bits per heavy atom. The van der Waals surface area contributed by atoms with E-state index in [1.54, 1.807) is 4.90 Å². The van der Waals surface area contributed by atoms with Crippen LogP contribution in [0.25, 0.3) is 0 Å². The highest BCUT2D eigenvalue weighted by Gasteiger charge is 2.25. The third-order valence-corrected chi connectivity index (χ3v) is 2.89. The average molecular weight is 284 g/mol. The number of halogens is 1. The molecule has 0 saturated carbocycles. The number of carbonyl (C=O) groups is 1. The van der Waals surface area contributed by atoms with Crippen LogP contribution >= 0.6 is 0 Å². The van der Waals surface area contributed by atoms with Gasteiger partial charge in [0.2, 0.25) is 0 Å². The average Bonchev–Trinajstić information content (AvgIpc) is 2.35. The summed E-state index contributed by atoms with van der Waals surface area (Å²) in [5.41, 5.74) is -1.17. The van der Waals surface area contributed by atoms with Crippen LogP contribution in [0.4, 0.5) is 15.8 Å². The third kappa shape index (κ3) is 3.23. The van der Waals surface area contributed by atoms with Crippen LogP contribution in [0.1, 0.15) is 37.6 Å². The number of anilines is 1. The van der Waals surface area contributed by atoms with Crippen molar-refractivity contribution < 1.29 is 19.2 Å².